The predicted molar refractivity (Wildman–Crippen MR) is 115 cm³/mol. The Hall–Kier alpha value is -3.21. The molecule has 8 heteroatoms. The molecule has 144 valence electrons. The van der Waals surface area contributed by atoms with Crippen molar-refractivity contribution in [3.8, 4) is 6.07 Å². The Kier molecular flexibility index (Phi) is 5.30. The maximum atomic E-state index is 13.5. The fourth-order valence-corrected chi connectivity index (χ4v) is 3.84. The van der Waals surface area contributed by atoms with Crippen LogP contribution in [0, 0.1) is 17.1 Å². The van der Waals surface area contributed by atoms with Gasteiger partial charge in [0.25, 0.3) is 0 Å². The van der Waals surface area contributed by atoms with Crippen molar-refractivity contribution >= 4 is 51.3 Å². The van der Waals surface area contributed by atoms with E-state index in [9.17, 15) is 9.65 Å². The highest BCUT2D eigenvalue weighted by Gasteiger charge is 2.15. The summed E-state index contributed by atoms with van der Waals surface area (Å²) >= 11 is 7.52. The molecule has 0 radical (unpaired) electrons. The molecule has 0 spiro atoms. The molecule has 4 aromatic rings. The number of fused-ring (bicyclic) bond motifs is 1. The Labute approximate surface area is 175 Å². The summed E-state index contributed by atoms with van der Waals surface area (Å²) in [7, 11) is 0. The molecule has 0 saturated heterocycles. The fraction of sp³-hybridized carbons (Fsp3) is 0.0952. The van der Waals surface area contributed by atoms with Crippen molar-refractivity contribution in [3.63, 3.8) is 0 Å². The van der Waals surface area contributed by atoms with Gasteiger partial charge in [0.05, 0.1) is 22.1 Å². The molecule has 0 unspecified atom stereocenters. The van der Waals surface area contributed by atoms with Crippen LogP contribution >= 0.6 is 22.9 Å². The van der Waals surface area contributed by atoms with Crippen LogP contribution in [0.4, 0.5) is 21.8 Å². The van der Waals surface area contributed by atoms with Gasteiger partial charge in [0.2, 0.25) is 5.95 Å². The van der Waals surface area contributed by atoms with Gasteiger partial charge in [-0.05, 0) is 48.7 Å². The van der Waals surface area contributed by atoms with Gasteiger partial charge in [-0.3, -0.25) is 0 Å². The molecule has 5 nitrogen and oxygen atoms in total. The Bertz CT molecular complexity index is 1220. The number of hydrogen-bond donors (Lipinski definition) is 2. The first-order valence-corrected chi connectivity index (χ1v) is 10.0. The van der Waals surface area contributed by atoms with E-state index in [1.54, 1.807) is 29.5 Å². The number of benzene rings is 2. The Morgan fingerprint density at radius 2 is 2.03 bits per heavy atom. The first-order chi connectivity index (χ1) is 14.0. The fourth-order valence-electron chi connectivity index (χ4n) is 2.93. The summed E-state index contributed by atoms with van der Waals surface area (Å²) in [6.45, 7) is 2.04. The summed E-state index contributed by atoms with van der Waals surface area (Å²) in [4.78, 5) is 10.3. The molecule has 29 heavy (non-hydrogen) atoms. The number of rotatable bonds is 5. The van der Waals surface area contributed by atoms with Crippen molar-refractivity contribution in [2.45, 2.75) is 13.0 Å². The second kappa shape index (κ2) is 8.03. The molecule has 0 fully saturated rings. The first kappa shape index (κ1) is 19.1. The molecule has 0 amide bonds. The number of halogens is 2. The number of thiophene rings is 1. The van der Waals surface area contributed by atoms with Crippen LogP contribution in [0.25, 0.3) is 10.9 Å². The Morgan fingerprint density at radius 3 is 2.76 bits per heavy atom. The quantitative estimate of drug-likeness (QED) is 0.395. The number of para-hydroxylation sites is 1. The van der Waals surface area contributed by atoms with Crippen LogP contribution in [0.2, 0.25) is 5.02 Å². The van der Waals surface area contributed by atoms with Crippen molar-refractivity contribution in [1.29, 1.82) is 5.26 Å². The molecule has 0 aliphatic carbocycles. The molecule has 0 saturated carbocycles. The van der Waals surface area contributed by atoms with Crippen LogP contribution in [0.1, 0.15) is 23.4 Å². The molecule has 2 aromatic carbocycles. The summed E-state index contributed by atoms with van der Waals surface area (Å²) in [5.74, 6) is 0.378. The molecular formula is C21H15ClFN5S. The molecule has 0 bridgehead atoms. The molecule has 2 aromatic heterocycles. The monoisotopic (exact) mass is 423 g/mol. The van der Waals surface area contributed by atoms with Crippen LogP contribution in [0.15, 0.2) is 53.9 Å². The highest BCUT2D eigenvalue weighted by Crippen LogP contribution is 2.30. The number of hydrogen-bond acceptors (Lipinski definition) is 6. The van der Waals surface area contributed by atoms with E-state index in [4.69, 9.17) is 11.6 Å². The molecule has 1 atom stereocenters. The number of anilines is 3. The lowest BCUT2D eigenvalue weighted by molar-refractivity contribution is 0.628. The minimum Gasteiger partial charge on any atom is -0.362 e. The normalized spacial score (nSPS) is 11.8. The third-order valence-electron chi connectivity index (χ3n) is 4.35. The summed E-state index contributed by atoms with van der Waals surface area (Å²) in [5, 5.41) is 18.7. The zero-order valence-electron chi connectivity index (χ0n) is 15.3. The summed E-state index contributed by atoms with van der Waals surface area (Å²) in [5.41, 5.74) is 1.51. The van der Waals surface area contributed by atoms with E-state index < -0.39 is 5.82 Å². The standard InChI is InChI=1S/C21H15ClFN5S/c1-12(18-6-3-9-29-18)25-20-15-5-2-4-13(11-24)19(15)27-21(28-20)26-14-7-8-17(23)16(22)10-14/h2-10,12H,1H3,(H2,25,26,27,28)/t12-/m1/s1. The lowest BCUT2D eigenvalue weighted by atomic mass is 10.1. The second-order valence-corrected chi connectivity index (χ2v) is 7.73. The predicted octanol–water partition coefficient (Wildman–Crippen LogP) is 6.27. The molecule has 0 aliphatic heterocycles. The molecular weight excluding hydrogens is 409 g/mol. The van der Waals surface area contributed by atoms with Gasteiger partial charge in [0.15, 0.2) is 0 Å². The SMILES string of the molecule is C[C@@H](Nc1nc(Nc2ccc(F)c(Cl)c2)nc2c(C#N)cccc12)c1cccs1. The zero-order chi connectivity index (χ0) is 20.4. The highest BCUT2D eigenvalue weighted by atomic mass is 35.5. The smallest absolute Gasteiger partial charge is 0.229 e. The molecule has 2 heterocycles. The molecule has 0 aliphatic rings. The van der Waals surface area contributed by atoms with Crippen molar-refractivity contribution in [3.05, 3.63) is 75.2 Å². The highest BCUT2D eigenvalue weighted by molar-refractivity contribution is 7.10. The Balaban J connectivity index is 1.78. The van der Waals surface area contributed by atoms with Crippen molar-refractivity contribution < 1.29 is 4.39 Å². The van der Waals surface area contributed by atoms with Gasteiger partial charge in [-0.25, -0.2) is 9.37 Å². The van der Waals surface area contributed by atoms with Crippen molar-refractivity contribution in [2.24, 2.45) is 0 Å². The third kappa shape index (κ3) is 3.99. The summed E-state index contributed by atoms with van der Waals surface area (Å²) in [6, 6.07) is 15.9. The summed E-state index contributed by atoms with van der Waals surface area (Å²) in [6.07, 6.45) is 0. The van der Waals surface area contributed by atoms with Gasteiger partial charge < -0.3 is 10.6 Å². The van der Waals surface area contributed by atoms with Gasteiger partial charge in [-0.2, -0.15) is 10.2 Å². The first-order valence-electron chi connectivity index (χ1n) is 8.78. The maximum absolute atomic E-state index is 13.5. The van der Waals surface area contributed by atoms with Gasteiger partial charge in [-0.15, -0.1) is 11.3 Å². The topological polar surface area (TPSA) is 73.6 Å². The number of aromatic nitrogens is 2. The van der Waals surface area contributed by atoms with E-state index in [-0.39, 0.29) is 17.0 Å². The molecule has 2 N–H and O–H groups in total. The maximum Gasteiger partial charge on any atom is 0.229 e. The van der Waals surface area contributed by atoms with E-state index in [1.807, 2.05) is 30.5 Å². The minimum atomic E-state index is -0.504. The van der Waals surface area contributed by atoms with Crippen LogP contribution < -0.4 is 10.6 Å². The van der Waals surface area contributed by atoms with Gasteiger partial charge in [0, 0.05) is 16.0 Å². The lowest BCUT2D eigenvalue weighted by Crippen LogP contribution is -2.09. The van der Waals surface area contributed by atoms with Crippen molar-refractivity contribution in [1.82, 2.24) is 9.97 Å². The van der Waals surface area contributed by atoms with Crippen LogP contribution in [-0.2, 0) is 0 Å². The van der Waals surface area contributed by atoms with Gasteiger partial charge in [-0.1, -0.05) is 23.7 Å². The van der Waals surface area contributed by atoms with E-state index in [2.05, 4.69) is 26.7 Å². The van der Waals surface area contributed by atoms with Gasteiger partial charge >= 0.3 is 0 Å². The second-order valence-electron chi connectivity index (χ2n) is 6.34. The number of nitrogens with zero attached hydrogens (tertiary/aromatic N) is 3. The Morgan fingerprint density at radius 1 is 1.17 bits per heavy atom. The lowest BCUT2D eigenvalue weighted by Gasteiger charge is -2.16. The number of nitrogens with one attached hydrogen (secondary N) is 2. The van der Waals surface area contributed by atoms with Gasteiger partial charge in [0.1, 0.15) is 17.7 Å². The molecule has 4 rings (SSSR count). The average Bonchev–Trinajstić information content (AvgIpc) is 3.25. The zero-order valence-corrected chi connectivity index (χ0v) is 16.9. The average molecular weight is 424 g/mol. The summed E-state index contributed by atoms with van der Waals surface area (Å²) < 4.78 is 13.5. The largest absolute Gasteiger partial charge is 0.362 e. The van der Waals surface area contributed by atoms with Crippen molar-refractivity contribution in [2.75, 3.05) is 10.6 Å². The van der Waals surface area contributed by atoms with Crippen LogP contribution in [0.3, 0.4) is 0 Å². The van der Waals surface area contributed by atoms with Crippen LogP contribution in [-0.4, -0.2) is 9.97 Å². The van der Waals surface area contributed by atoms with E-state index in [0.717, 1.165) is 10.3 Å². The minimum absolute atomic E-state index is 0.00170. The number of nitriles is 1. The van der Waals surface area contributed by atoms with E-state index in [1.165, 1.54) is 12.1 Å². The third-order valence-corrected chi connectivity index (χ3v) is 5.69. The van der Waals surface area contributed by atoms with E-state index >= 15 is 0 Å². The van der Waals surface area contributed by atoms with E-state index in [0.29, 0.717) is 22.6 Å². The van der Waals surface area contributed by atoms with Crippen LogP contribution in [0.5, 0.6) is 0 Å².